The van der Waals surface area contributed by atoms with E-state index in [-0.39, 0.29) is 52.8 Å². The van der Waals surface area contributed by atoms with Crippen molar-refractivity contribution in [2.24, 2.45) is 0 Å². The quantitative estimate of drug-likeness (QED) is 0.354. The molecule has 4 heteroatoms. The Kier molecular flexibility index (Phi) is 7.73. The van der Waals surface area contributed by atoms with Crippen molar-refractivity contribution in [3.63, 3.8) is 0 Å². The van der Waals surface area contributed by atoms with Crippen LogP contribution in [0.15, 0.2) is 0 Å². The van der Waals surface area contributed by atoms with E-state index in [2.05, 4.69) is 24.6 Å². The van der Waals surface area contributed by atoms with Crippen LogP contribution >= 0.6 is 0 Å². The Bertz CT molecular complexity index is 75.5. The Morgan fingerprint density at radius 2 is 1.88 bits per heavy atom. The zero-order valence-electron chi connectivity index (χ0n) is 6.99. The molecule has 1 amide bonds. The minimum atomic E-state index is -1.28. The van der Waals surface area contributed by atoms with Crippen LogP contribution in [0.25, 0.3) is 0 Å². The second-order valence-electron chi connectivity index (χ2n) is 2.51. The van der Waals surface area contributed by atoms with Gasteiger partial charge >= 0.3 is 51.4 Å². The van der Waals surface area contributed by atoms with Crippen molar-refractivity contribution >= 4 is 14.6 Å². The van der Waals surface area contributed by atoms with E-state index in [4.69, 9.17) is 0 Å². The van der Waals surface area contributed by atoms with Crippen molar-refractivity contribution in [3.05, 3.63) is 0 Å². The number of hydrogen-bond donors (Lipinski definition) is 1. The fourth-order valence-electron chi connectivity index (χ4n) is 0.177. The molecule has 0 saturated heterocycles. The molecule has 8 heavy (non-hydrogen) atoms. The zero-order chi connectivity index (χ0) is 5.91. The predicted octanol–water partition coefficient (Wildman–Crippen LogP) is -2.32. The summed E-state index contributed by atoms with van der Waals surface area (Å²) in [6.45, 7) is 6.21. The number of carbonyl (C=O) groups excluding carboxylic acids is 1. The van der Waals surface area contributed by atoms with Crippen molar-refractivity contribution in [1.82, 2.24) is 4.98 Å². The predicted molar refractivity (Wildman–Crippen MR) is 33.7 cm³/mol. The molecule has 0 heterocycles. The molecule has 44 valence electrons. The molecule has 0 atom stereocenters. The van der Waals surface area contributed by atoms with Gasteiger partial charge in [0.25, 0.3) is 0 Å². The number of carbonyl (C=O) groups is 1. The molecule has 0 fully saturated rings. The summed E-state index contributed by atoms with van der Waals surface area (Å²) in [5, 5.41) is 0. The molecule has 0 radical (unpaired) electrons. The first kappa shape index (κ1) is 12.0. The average molecular weight is 157 g/mol. The van der Waals surface area contributed by atoms with E-state index in [0.29, 0.717) is 0 Å². The Labute approximate surface area is 95.4 Å². The van der Waals surface area contributed by atoms with E-state index in [1.807, 2.05) is 0 Å². The summed E-state index contributed by atoms with van der Waals surface area (Å²) >= 11 is 0. The van der Waals surface area contributed by atoms with Crippen LogP contribution in [0.3, 0.4) is 0 Å². The average Bonchev–Trinajstić information content (AvgIpc) is 1.30. The largest absolute Gasteiger partial charge is 1.00 e. The number of amides is 1. The van der Waals surface area contributed by atoms with Crippen molar-refractivity contribution in [3.8, 4) is 0 Å². The summed E-state index contributed by atoms with van der Waals surface area (Å²) in [4.78, 5) is 12.5. The summed E-state index contributed by atoms with van der Waals surface area (Å²) in [6, 6.07) is 0. The molecule has 0 aromatic heterocycles. The first-order chi connectivity index (χ1) is 3.06. The van der Waals surface area contributed by atoms with Crippen LogP contribution in [0.2, 0.25) is 19.6 Å². The van der Waals surface area contributed by atoms with Crippen molar-refractivity contribution < 1.29 is 57.6 Å². The van der Waals surface area contributed by atoms with Gasteiger partial charge in [-0.05, 0) is 0 Å². The van der Waals surface area contributed by atoms with E-state index in [0.717, 1.165) is 6.41 Å². The van der Waals surface area contributed by atoms with Crippen molar-refractivity contribution in [2.45, 2.75) is 19.6 Å². The van der Waals surface area contributed by atoms with Gasteiger partial charge in [-0.3, -0.25) is 4.79 Å². The third-order valence-corrected chi connectivity index (χ3v) is 1.48. The molecule has 0 saturated carbocycles. The normalized spacial score (nSPS) is 9.38. The maximum Gasteiger partial charge on any atom is 1.00 e. The molecule has 0 spiro atoms. The first-order valence-corrected chi connectivity index (χ1v) is 5.77. The van der Waals surface area contributed by atoms with Gasteiger partial charge in [0, 0.05) is 0 Å². The standard InChI is InChI=1S/C4H11NOSi.K.H/c1-7(2,3)5-4-6;;/h4H,1-3H3,(H,5,6);;/q;+1;-1. The number of rotatable bonds is 2. The molecule has 0 rings (SSSR count). The Balaban J connectivity index is -0.000000180. The van der Waals surface area contributed by atoms with Gasteiger partial charge in [-0.2, -0.15) is 0 Å². The second-order valence-corrected chi connectivity index (χ2v) is 7.30. The number of hydrogen-bond acceptors (Lipinski definition) is 1. The second kappa shape index (κ2) is 5.14. The number of nitrogens with one attached hydrogen (secondary N) is 1. The molecule has 0 aliphatic carbocycles. The molecule has 1 N–H and O–H groups in total. The van der Waals surface area contributed by atoms with Gasteiger partial charge in [0.05, 0.1) is 0 Å². The minimum Gasteiger partial charge on any atom is -1.00 e. The van der Waals surface area contributed by atoms with Gasteiger partial charge in [-0.25, -0.2) is 0 Å². The molecule has 0 aromatic rings. The molecule has 0 aliphatic heterocycles. The third kappa shape index (κ3) is 10.3. The van der Waals surface area contributed by atoms with Gasteiger partial charge in [0.15, 0.2) is 6.41 Å². The molecule has 0 bridgehead atoms. The minimum absolute atomic E-state index is 0. The van der Waals surface area contributed by atoms with Crippen LogP contribution in [0.1, 0.15) is 1.43 Å². The van der Waals surface area contributed by atoms with Gasteiger partial charge in [-0.1, -0.05) is 19.6 Å². The summed E-state index contributed by atoms with van der Waals surface area (Å²) in [5.41, 5.74) is 0. The maximum absolute atomic E-state index is 9.74. The Morgan fingerprint density at radius 1 is 1.50 bits per heavy atom. The summed E-state index contributed by atoms with van der Waals surface area (Å²) in [5.74, 6) is 0. The van der Waals surface area contributed by atoms with Gasteiger partial charge in [0.2, 0.25) is 0 Å². The molecule has 0 aliphatic rings. The van der Waals surface area contributed by atoms with E-state index in [9.17, 15) is 4.79 Å². The molecular weight excluding hydrogens is 145 g/mol. The molecular formula is C4H12KNOSi. The van der Waals surface area contributed by atoms with Crippen molar-refractivity contribution in [2.75, 3.05) is 0 Å². The van der Waals surface area contributed by atoms with Gasteiger partial charge in [-0.15, -0.1) is 0 Å². The smallest absolute Gasteiger partial charge is 1.00 e. The van der Waals surface area contributed by atoms with E-state index in [1.54, 1.807) is 0 Å². The SMILES string of the molecule is C[Si](C)(C)NC=O.[H-].[K+]. The summed E-state index contributed by atoms with van der Waals surface area (Å²) in [6.07, 6.45) is 0.770. The monoisotopic (exact) mass is 157 g/mol. The fourth-order valence-corrected chi connectivity index (χ4v) is 0.530. The third-order valence-electron chi connectivity index (χ3n) is 0.492. The fraction of sp³-hybridized carbons (Fsp3) is 0.750. The van der Waals surface area contributed by atoms with Crippen LogP contribution in [0.5, 0.6) is 0 Å². The summed E-state index contributed by atoms with van der Waals surface area (Å²) < 4.78 is 0. The van der Waals surface area contributed by atoms with Crippen LogP contribution in [0.4, 0.5) is 0 Å². The van der Waals surface area contributed by atoms with Crippen LogP contribution < -0.4 is 56.4 Å². The van der Waals surface area contributed by atoms with Crippen LogP contribution in [-0.4, -0.2) is 14.6 Å². The van der Waals surface area contributed by atoms with E-state index < -0.39 is 8.24 Å². The Hall–Kier alpha value is 1.32. The topological polar surface area (TPSA) is 29.1 Å². The van der Waals surface area contributed by atoms with Crippen molar-refractivity contribution in [1.29, 1.82) is 0 Å². The van der Waals surface area contributed by atoms with Crippen LogP contribution in [-0.2, 0) is 4.79 Å². The van der Waals surface area contributed by atoms with Crippen LogP contribution in [0, 0.1) is 0 Å². The zero-order valence-corrected chi connectivity index (χ0v) is 10.1. The van der Waals surface area contributed by atoms with Gasteiger partial charge in [0.1, 0.15) is 8.24 Å². The molecule has 2 nitrogen and oxygen atoms in total. The van der Waals surface area contributed by atoms with Gasteiger partial charge < -0.3 is 6.41 Å². The van der Waals surface area contributed by atoms with E-state index >= 15 is 0 Å². The Morgan fingerprint density at radius 3 is 1.88 bits per heavy atom. The summed E-state index contributed by atoms with van der Waals surface area (Å²) in [7, 11) is -1.28. The molecule has 0 unspecified atom stereocenters. The first-order valence-electron chi connectivity index (χ1n) is 2.27. The maximum atomic E-state index is 9.74. The van der Waals surface area contributed by atoms with E-state index in [1.165, 1.54) is 0 Å². The molecule has 0 aromatic carbocycles.